The van der Waals surface area contributed by atoms with Crippen molar-refractivity contribution < 1.29 is 0 Å². The quantitative estimate of drug-likeness (QED) is 0.742. The van der Waals surface area contributed by atoms with E-state index in [1.54, 1.807) is 0 Å². The molecule has 21 heavy (non-hydrogen) atoms. The van der Waals surface area contributed by atoms with E-state index in [1.807, 2.05) is 23.6 Å². The minimum absolute atomic E-state index is 0.433. The summed E-state index contributed by atoms with van der Waals surface area (Å²) in [5.74, 6) is 0. The van der Waals surface area contributed by atoms with Crippen LogP contribution in [-0.2, 0) is 12.8 Å². The lowest BCUT2D eigenvalue weighted by Crippen LogP contribution is -2.33. The summed E-state index contributed by atoms with van der Waals surface area (Å²) in [6.07, 6.45) is 3.89. The maximum Gasteiger partial charge on any atom is 0.0419 e. The summed E-state index contributed by atoms with van der Waals surface area (Å²) in [5.41, 5.74) is 2.60. The molecule has 1 N–H and O–H groups in total. The van der Waals surface area contributed by atoms with Gasteiger partial charge in [-0.3, -0.25) is 4.98 Å². The number of likely N-dealkylation sites (N-methyl/N-ethyl adjacent to an activating group) is 1. The van der Waals surface area contributed by atoms with Gasteiger partial charge >= 0.3 is 0 Å². The van der Waals surface area contributed by atoms with Gasteiger partial charge in [-0.2, -0.15) is 0 Å². The summed E-state index contributed by atoms with van der Waals surface area (Å²) < 4.78 is 1.38. The van der Waals surface area contributed by atoms with Crippen LogP contribution in [0.25, 0.3) is 10.1 Å². The van der Waals surface area contributed by atoms with E-state index in [0.29, 0.717) is 6.04 Å². The second-order valence-corrected chi connectivity index (χ2v) is 6.15. The third-order valence-electron chi connectivity index (χ3n) is 3.70. The Bertz CT molecular complexity index is 691. The van der Waals surface area contributed by atoms with Gasteiger partial charge in [0.2, 0.25) is 0 Å². The van der Waals surface area contributed by atoms with E-state index in [2.05, 4.69) is 59.0 Å². The van der Waals surface area contributed by atoms with Crippen LogP contribution in [0.4, 0.5) is 0 Å². The standard InChI is InChI=1S/C18H20N2S/c1-2-19-16(12-15-7-5-6-10-20-15)11-14-13-21-18-9-4-3-8-17(14)18/h3-10,13,16,19H,2,11-12H2,1H3. The van der Waals surface area contributed by atoms with Gasteiger partial charge in [-0.25, -0.2) is 0 Å². The highest BCUT2D eigenvalue weighted by molar-refractivity contribution is 7.17. The van der Waals surface area contributed by atoms with Crippen molar-refractivity contribution in [2.75, 3.05) is 6.54 Å². The zero-order valence-corrected chi connectivity index (χ0v) is 13.1. The molecule has 0 saturated heterocycles. The van der Waals surface area contributed by atoms with Gasteiger partial charge in [-0.1, -0.05) is 31.2 Å². The largest absolute Gasteiger partial charge is 0.314 e. The maximum absolute atomic E-state index is 4.45. The van der Waals surface area contributed by atoms with Gasteiger partial charge < -0.3 is 5.32 Å². The number of rotatable bonds is 6. The second kappa shape index (κ2) is 6.83. The van der Waals surface area contributed by atoms with Gasteiger partial charge in [0.1, 0.15) is 0 Å². The van der Waals surface area contributed by atoms with Crippen LogP contribution >= 0.6 is 11.3 Å². The third kappa shape index (κ3) is 3.49. The monoisotopic (exact) mass is 296 g/mol. The molecule has 0 bridgehead atoms. The number of nitrogens with one attached hydrogen (secondary N) is 1. The molecule has 0 aliphatic carbocycles. The Labute approximate surface area is 129 Å². The minimum atomic E-state index is 0.433. The molecule has 1 atom stereocenters. The molecule has 0 fully saturated rings. The molecule has 3 aromatic rings. The van der Waals surface area contributed by atoms with E-state index in [0.717, 1.165) is 25.1 Å². The average Bonchev–Trinajstić information content (AvgIpc) is 2.92. The molecule has 2 aromatic heterocycles. The van der Waals surface area contributed by atoms with Gasteiger partial charge in [0, 0.05) is 29.1 Å². The van der Waals surface area contributed by atoms with Crippen molar-refractivity contribution in [2.24, 2.45) is 0 Å². The first-order chi connectivity index (χ1) is 10.4. The van der Waals surface area contributed by atoms with Crippen molar-refractivity contribution in [3.63, 3.8) is 0 Å². The van der Waals surface area contributed by atoms with Crippen LogP contribution in [-0.4, -0.2) is 17.6 Å². The highest BCUT2D eigenvalue weighted by Gasteiger charge is 2.13. The van der Waals surface area contributed by atoms with Crippen LogP contribution in [0.15, 0.2) is 54.0 Å². The van der Waals surface area contributed by atoms with Crippen molar-refractivity contribution in [1.29, 1.82) is 0 Å². The van der Waals surface area contributed by atoms with Crippen molar-refractivity contribution in [3.8, 4) is 0 Å². The van der Waals surface area contributed by atoms with Gasteiger partial charge in [-0.15, -0.1) is 11.3 Å². The van der Waals surface area contributed by atoms with Crippen molar-refractivity contribution in [3.05, 3.63) is 65.3 Å². The van der Waals surface area contributed by atoms with Crippen LogP contribution in [0.5, 0.6) is 0 Å². The van der Waals surface area contributed by atoms with E-state index in [9.17, 15) is 0 Å². The molecule has 2 heterocycles. The van der Waals surface area contributed by atoms with Gasteiger partial charge in [0.05, 0.1) is 0 Å². The van der Waals surface area contributed by atoms with Crippen molar-refractivity contribution >= 4 is 21.4 Å². The van der Waals surface area contributed by atoms with E-state index >= 15 is 0 Å². The highest BCUT2D eigenvalue weighted by Crippen LogP contribution is 2.26. The fourth-order valence-electron chi connectivity index (χ4n) is 2.73. The summed E-state index contributed by atoms with van der Waals surface area (Å²) in [4.78, 5) is 4.45. The SMILES string of the molecule is CCNC(Cc1ccccn1)Cc1csc2ccccc12. The first-order valence-corrected chi connectivity index (χ1v) is 8.33. The van der Waals surface area contributed by atoms with Crippen LogP contribution in [0.2, 0.25) is 0 Å². The molecule has 1 aromatic carbocycles. The fourth-order valence-corrected chi connectivity index (χ4v) is 3.71. The molecular weight excluding hydrogens is 276 g/mol. The van der Waals surface area contributed by atoms with Crippen LogP contribution in [0.3, 0.4) is 0 Å². The molecule has 3 heteroatoms. The number of nitrogens with zero attached hydrogens (tertiary/aromatic N) is 1. The number of pyridine rings is 1. The summed E-state index contributed by atoms with van der Waals surface area (Å²) in [6, 6.07) is 15.2. The predicted octanol–water partition coefficient (Wildman–Crippen LogP) is 4.06. The summed E-state index contributed by atoms with van der Waals surface area (Å²) in [5, 5.41) is 7.29. The molecule has 0 spiro atoms. The molecule has 3 rings (SSSR count). The number of aromatic nitrogens is 1. The zero-order chi connectivity index (χ0) is 14.5. The third-order valence-corrected chi connectivity index (χ3v) is 4.71. The molecule has 0 aliphatic heterocycles. The second-order valence-electron chi connectivity index (χ2n) is 5.24. The number of hydrogen-bond acceptors (Lipinski definition) is 3. The normalized spacial score (nSPS) is 12.6. The summed E-state index contributed by atoms with van der Waals surface area (Å²) in [6.45, 7) is 3.15. The van der Waals surface area contributed by atoms with Crippen molar-refractivity contribution in [2.45, 2.75) is 25.8 Å². The van der Waals surface area contributed by atoms with Gasteiger partial charge in [-0.05, 0) is 47.5 Å². The van der Waals surface area contributed by atoms with Crippen molar-refractivity contribution in [1.82, 2.24) is 10.3 Å². The van der Waals surface area contributed by atoms with E-state index in [4.69, 9.17) is 0 Å². The highest BCUT2D eigenvalue weighted by atomic mass is 32.1. The smallest absolute Gasteiger partial charge is 0.0419 e. The van der Waals surface area contributed by atoms with Gasteiger partial charge in [0.15, 0.2) is 0 Å². The number of hydrogen-bond donors (Lipinski definition) is 1. The Balaban J connectivity index is 1.78. The Hall–Kier alpha value is -1.71. The summed E-state index contributed by atoms with van der Waals surface area (Å²) in [7, 11) is 0. The maximum atomic E-state index is 4.45. The Morgan fingerprint density at radius 3 is 2.76 bits per heavy atom. The van der Waals surface area contributed by atoms with E-state index < -0.39 is 0 Å². The minimum Gasteiger partial charge on any atom is -0.314 e. The topological polar surface area (TPSA) is 24.9 Å². The Kier molecular flexibility index (Phi) is 4.63. The molecule has 0 radical (unpaired) electrons. The first kappa shape index (κ1) is 14.2. The van der Waals surface area contributed by atoms with E-state index in [1.165, 1.54) is 15.6 Å². The molecule has 108 valence electrons. The Morgan fingerprint density at radius 1 is 1.10 bits per heavy atom. The van der Waals surface area contributed by atoms with Crippen LogP contribution in [0, 0.1) is 0 Å². The Morgan fingerprint density at radius 2 is 1.95 bits per heavy atom. The number of benzene rings is 1. The van der Waals surface area contributed by atoms with Crippen LogP contribution in [0.1, 0.15) is 18.2 Å². The molecule has 0 saturated carbocycles. The lowest BCUT2D eigenvalue weighted by molar-refractivity contribution is 0.518. The zero-order valence-electron chi connectivity index (χ0n) is 12.3. The first-order valence-electron chi connectivity index (χ1n) is 7.45. The van der Waals surface area contributed by atoms with Gasteiger partial charge in [0.25, 0.3) is 0 Å². The molecular formula is C18H20N2S. The fraction of sp³-hybridized carbons (Fsp3) is 0.278. The molecule has 1 unspecified atom stereocenters. The average molecular weight is 296 g/mol. The lowest BCUT2D eigenvalue weighted by Gasteiger charge is -2.17. The predicted molar refractivity (Wildman–Crippen MR) is 90.9 cm³/mol. The lowest BCUT2D eigenvalue weighted by atomic mass is 10.0. The van der Waals surface area contributed by atoms with Crippen LogP contribution < -0.4 is 5.32 Å². The molecule has 0 aliphatic rings. The number of fused-ring (bicyclic) bond motifs is 1. The van der Waals surface area contributed by atoms with E-state index in [-0.39, 0.29) is 0 Å². The number of thiophene rings is 1. The summed E-state index contributed by atoms with van der Waals surface area (Å²) >= 11 is 1.84. The molecule has 0 amide bonds. The molecule has 2 nitrogen and oxygen atoms in total.